The molecule has 0 amide bonds. The van der Waals surface area contributed by atoms with Gasteiger partial charge in [0.05, 0.1) is 12.2 Å². The van der Waals surface area contributed by atoms with E-state index < -0.39 is 23.6 Å². The molecule has 9 heteroatoms. The van der Waals surface area contributed by atoms with Crippen LogP contribution >= 0.6 is 0 Å². The van der Waals surface area contributed by atoms with Gasteiger partial charge in [-0.05, 0) is 31.0 Å². The zero-order chi connectivity index (χ0) is 17.6. The van der Waals surface area contributed by atoms with Crippen molar-refractivity contribution in [2.75, 3.05) is 11.4 Å². The Morgan fingerprint density at radius 2 is 2.16 bits per heavy atom. The lowest BCUT2D eigenvalue weighted by molar-refractivity contribution is 0.0698. The highest BCUT2D eigenvalue weighted by Gasteiger charge is 2.31. The Hall–Kier alpha value is -3.10. The van der Waals surface area contributed by atoms with E-state index in [1.54, 1.807) is 4.90 Å². The smallest absolute Gasteiger partial charge is 0.341 e. The number of carboxylic acids is 1. The van der Waals surface area contributed by atoms with Gasteiger partial charge in [0.1, 0.15) is 23.5 Å². The van der Waals surface area contributed by atoms with Gasteiger partial charge in [0.15, 0.2) is 5.65 Å². The number of fused-ring (bicyclic) bond motifs is 1. The molecule has 0 unspecified atom stereocenters. The Morgan fingerprint density at radius 3 is 2.96 bits per heavy atom. The van der Waals surface area contributed by atoms with Gasteiger partial charge in [0, 0.05) is 12.1 Å². The van der Waals surface area contributed by atoms with Crippen LogP contribution in [-0.2, 0) is 0 Å². The number of rotatable bonds is 3. The number of halogens is 2. The number of aromatic nitrogens is 4. The average molecular weight is 345 g/mol. The zero-order valence-electron chi connectivity index (χ0n) is 12.9. The van der Waals surface area contributed by atoms with E-state index in [2.05, 4.69) is 15.1 Å². The lowest BCUT2D eigenvalue weighted by atomic mass is 10.0. The maximum Gasteiger partial charge on any atom is 0.341 e. The minimum atomic E-state index is -1.14. The van der Waals surface area contributed by atoms with Crippen LogP contribution in [0.5, 0.6) is 0 Å². The van der Waals surface area contributed by atoms with Crippen LogP contribution in [0.3, 0.4) is 0 Å². The first-order valence-electron chi connectivity index (χ1n) is 7.70. The molecule has 1 aliphatic rings. The fraction of sp³-hybridized carbons (Fsp3) is 0.250. The van der Waals surface area contributed by atoms with Crippen molar-refractivity contribution in [1.29, 1.82) is 0 Å². The molecule has 0 radical (unpaired) electrons. The van der Waals surface area contributed by atoms with Crippen molar-refractivity contribution in [2.45, 2.75) is 18.9 Å². The van der Waals surface area contributed by atoms with Gasteiger partial charge in [0.2, 0.25) is 5.95 Å². The number of carboxylic acid groups (broad SMARTS) is 1. The molecule has 0 aliphatic carbocycles. The summed E-state index contributed by atoms with van der Waals surface area (Å²) in [7, 11) is 0. The molecule has 128 valence electrons. The van der Waals surface area contributed by atoms with E-state index >= 15 is 0 Å². The van der Waals surface area contributed by atoms with Crippen molar-refractivity contribution in [1.82, 2.24) is 19.6 Å². The van der Waals surface area contributed by atoms with E-state index in [0.717, 1.165) is 18.6 Å². The minimum Gasteiger partial charge on any atom is -0.477 e. The Bertz CT molecular complexity index is 974. The highest BCUT2D eigenvalue weighted by Crippen LogP contribution is 2.36. The fourth-order valence-corrected chi connectivity index (χ4v) is 3.17. The van der Waals surface area contributed by atoms with Crippen LogP contribution in [0, 0.1) is 11.6 Å². The number of carbonyl (C=O) groups is 1. The SMILES string of the molecule is O=C(O)c1cnn2cnc(N3CCC[C@@H]3c3cc(F)ccc3F)nc12. The molecular formula is C16H13F2N5O2. The van der Waals surface area contributed by atoms with Gasteiger partial charge >= 0.3 is 5.97 Å². The van der Waals surface area contributed by atoms with Crippen molar-refractivity contribution in [3.8, 4) is 0 Å². The molecule has 3 aromatic rings. The summed E-state index contributed by atoms with van der Waals surface area (Å²) in [6.07, 6.45) is 3.95. The number of hydrogen-bond acceptors (Lipinski definition) is 5. The van der Waals surface area contributed by atoms with Crippen LogP contribution in [0.25, 0.3) is 5.65 Å². The van der Waals surface area contributed by atoms with E-state index in [0.29, 0.717) is 13.0 Å². The van der Waals surface area contributed by atoms with Gasteiger partial charge in [-0.1, -0.05) is 0 Å². The molecule has 1 aromatic carbocycles. The van der Waals surface area contributed by atoms with Crippen molar-refractivity contribution < 1.29 is 18.7 Å². The van der Waals surface area contributed by atoms with Crippen LogP contribution in [0.15, 0.2) is 30.7 Å². The van der Waals surface area contributed by atoms with Crippen LogP contribution in [-0.4, -0.2) is 37.2 Å². The molecule has 0 saturated carbocycles. The molecular weight excluding hydrogens is 332 g/mol. The number of benzene rings is 1. The minimum absolute atomic E-state index is 0.0451. The van der Waals surface area contributed by atoms with Crippen LogP contribution < -0.4 is 4.90 Å². The predicted octanol–water partition coefficient (Wildman–Crippen LogP) is 2.44. The summed E-state index contributed by atoms with van der Waals surface area (Å²) < 4.78 is 29.0. The maximum absolute atomic E-state index is 14.2. The van der Waals surface area contributed by atoms with E-state index in [1.807, 2.05) is 0 Å². The second kappa shape index (κ2) is 5.76. The van der Waals surface area contributed by atoms with Gasteiger partial charge in [-0.3, -0.25) is 0 Å². The van der Waals surface area contributed by atoms with Crippen molar-refractivity contribution >= 4 is 17.6 Å². The molecule has 25 heavy (non-hydrogen) atoms. The van der Waals surface area contributed by atoms with Crippen molar-refractivity contribution in [3.05, 3.63) is 53.5 Å². The summed E-state index contributed by atoms with van der Waals surface area (Å²) in [6.45, 7) is 0.563. The average Bonchev–Trinajstić information content (AvgIpc) is 3.22. The first-order valence-corrected chi connectivity index (χ1v) is 7.70. The third-order valence-corrected chi connectivity index (χ3v) is 4.31. The molecule has 1 fully saturated rings. The summed E-state index contributed by atoms with van der Waals surface area (Å²) in [5.74, 6) is -1.88. The quantitative estimate of drug-likeness (QED) is 0.785. The molecule has 1 aliphatic heterocycles. The molecule has 0 spiro atoms. The Labute approximate surface area is 140 Å². The number of hydrogen-bond donors (Lipinski definition) is 1. The molecule has 0 bridgehead atoms. The van der Waals surface area contributed by atoms with Crippen molar-refractivity contribution in [2.24, 2.45) is 0 Å². The Balaban J connectivity index is 1.77. The maximum atomic E-state index is 14.2. The van der Waals surface area contributed by atoms with E-state index in [4.69, 9.17) is 0 Å². The second-order valence-electron chi connectivity index (χ2n) is 5.81. The van der Waals surface area contributed by atoms with Crippen LogP contribution in [0.4, 0.5) is 14.7 Å². The molecule has 3 heterocycles. The summed E-state index contributed by atoms with van der Waals surface area (Å²) in [5, 5.41) is 13.1. The van der Waals surface area contributed by atoms with Gasteiger partial charge in [-0.25, -0.2) is 23.1 Å². The first kappa shape index (κ1) is 15.4. The van der Waals surface area contributed by atoms with E-state index in [1.165, 1.54) is 23.1 Å². The molecule has 2 aromatic heterocycles. The predicted molar refractivity (Wildman–Crippen MR) is 83.4 cm³/mol. The van der Waals surface area contributed by atoms with Crippen LogP contribution in [0.1, 0.15) is 34.8 Å². The van der Waals surface area contributed by atoms with Gasteiger partial charge in [0.25, 0.3) is 0 Å². The molecule has 7 nitrogen and oxygen atoms in total. The summed E-state index contributed by atoms with van der Waals surface area (Å²) in [5.41, 5.74) is 0.354. The van der Waals surface area contributed by atoms with E-state index in [-0.39, 0.29) is 22.7 Å². The van der Waals surface area contributed by atoms with Gasteiger partial charge < -0.3 is 10.0 Å². The monoisotopic (exact) mass is 345 g/mol. The largest absolute Gasteiger partial charge is 0.477 e. The Morgan fingerprint density at radius 1 is 1.32 bits per heavy atom. The number of aromatic carboxylic acids is 1. The highest BCUT2D eigenvalue weighted by molar-refractivity contribution is 5.94. The Kier molecular flexibility index (Phi) is 3.56. The number of nitrogens with zero attached hydrogens (tertiary/aromatic N) is 5. The van der Waals surface area contributed by atoms with Gasteiger partial charge in [-0.2, -0.15) is 10.1 Å². The van der Waals surface area contributed by atoms with Gasteiger partial charge in [-0.15, -0.1) is 0 Å². The lowest BCUT2D eigenvalue weighted by Gasteiger charge is -2.25. The standard InChI is InChI=1S/C16H13F2N5O2/c17-9-3-4-12(18)10(6-9)13-2-1-5-22(13)16-19-8-23-14(21-16)11(7-20-23)15(24)25/h3-4,6-8,13H,1-2,5H2,(H,24,25)/t13-/m1/s1. The second-order valence-corrected chi connectivity index (χ2v) is 5.81. The molecule has 1 atom stereocenters. The normalized spacial score (nSPS) is 17.4. The summed E-state index contributed by atoms with van der Waals surface area (Å²) >= 11 is 0. The summed E-state index contributed by atoms with van der Waals surface area (Å²) in [6, 6.07) is 2.95. The van der Waals surface area contributed by atoms with Crippen molar-refractivity contribution in [3.63, 3.8) is 0 Å². The third kappa shape index (κ3) is 2.57. The highest BCUT2D eigenvalue weighted by atomic mass is 19.1. The van der Waals surface area contributed by atoms with E-state index in [9.17, 15) is 18.7 Å². The topological polar surface area (TPSA) is 83.6 Å². The lowest BCUT2D eigenvalue weighted by Crippen LogP contribution is -2.26. The van der Waals surface area contributed by atoms with Crippen LogP contribution in [0.2, 0.25) is 0 Å². The zero-order valence-corrected chi connectivity index (χ0v) is 12.9. The molecule has 4 rings (SSSR count). The fourth-order valence-electron chi connectivity index (χ4n) is 3.17. The number of anilines is 1. The summed E-state index contributed by atoms with van der Waals surface area (Å²) in [4.78, 5) is 21.5. The third-order valence-electron chi connectivity index (χ3n) is 4.31. The molecule has 1 saturated heterocycles. The molecule has 1 N–H and O–H groups in total. The first-order chi connectivity index (χ1) is 12.0.